The van der Waals surface area contributed by atoms with Crippen molar-refractivity contribution in [2.45, 2.75) is 87.7 Å². The van der Waals surface area contributed by atoms with Crippen LogP contribution in [-0.2, 0) is 62.4 Å². The molecule has 0 spiro atoms. The predicted octanol–water partition coefficient (Wildman–Crippen LogP) is -5.10. The number of phenols is 2. The van der Waals surface area contributed by atoms with Crippen molar-refractivity contribution in [3.05, 3.63) is 95.6 Å². The molecule has 0 heterocycles. The molecule has 7 atom stereocenters. The van der Waals surface area contributed by atoms with Gasteiger partial charge in [-0.15, -0.1) is 0 Å². The van der Waals surface area contributed by atoms with Gasteiger partial charge in [-0.1, -0.05) is 54.6 Å². The van der Waals surface area contributed by atoms with Crippen molar-refractivity contribution in [2.75, 3.05) is 19.7 Å². The van der Waals surface area contributed by atoms with Crippen LogP contribution in [0.3, 0.4) is 0 Å². The lowest BCUT2D eigenvalue weighted by Gasteiger charge is -2.26. The standard InChI is InChI=1S/C45H61N13O12/c1-24(39(65)57-35(21-36(47)62)44(70)55-31(8-5-17-51-45(49)50)41(67)56-32(38(48)64)18-26-9-13-28(60)14-10-26)53-42(68)34(20-27-11-15-29(61)16-12-27)58-43(69)33(19-25-6-3-2-4-7-25)54-37(63)22-52-40(66)30(46)23-59/h2-4,6-7,9-16,24,30-35,59-61H,5,8,17-23,46H2,1H3,(H2,47,62)(H2,48,64)(H,52,66)(H,53,68)(H,54,63)(H,55,70)(H,56,67)(H,57,65)(H,58,69)(H4,49,50,51). The summed E-state index contributed by atoms with van der Waals surface area (Å²) in [6.07, 6.45) is -1.17. The molecule has 378 valence electrons. The Kier molecular flexibility index (Phi) is 22.5. The Morgan fingerprint density at radius 2 is 1.01 bits per heavy atom. The van der Waals surface area contributed by atoms with Gasteiger partial charge in [-0.3, -0.25) is 48.1 Å². The number of rotatable bonds is 28. The molecular formula is C45H61N13O12. The minimum absolute atomic E-state index is 0.0191. The fourth-order valence-corrected chi connectivity index (χ4v) is 6.53. The van der Waals surface area contributed by atoms with Gasteiger partial charge in [0, 0.05) is 25.8 Å². The first-order chi connectivity index (χ1) is 33.1. The van der Waals surface area contributed by atoms with Crippen molar-refractivity contribution in [2.24, 2.45) is 33.7 Å². The van der Waals surface area contributed by atoms with E-state index in [0.717, 1.165) is 0 Å². The molecule has 0 aromatic heterocycles. The van der Waals surface area contributed by atoms with Gasteiger partial charge in [-0.25, -0.2) is 0 Å². The zero-order chi connectivity index (χ0) is 51.9. The second-order valence-electron chi connectivity index (χ2n) is 16.1. The van der Waals surface area contributed by atoms with E-state index in [4.69, 9.17) is 33.8 Å². The summed E-state index contributed by atoms with van der Waals surface area (Å²) in [5, 5.41) is 45.8. The molecule has 70 heavy (non-hydrogen) atoms. The number of benzene rings is 3. The molecule has 7 unspecified atom stereocenters. The van der Waals surface area contributed by atoms with E-state index in [9.17, 15) is 53.4 Å². The number of aromatic hydroxyl groups is 2. The molecule has 3 aromatic carbocycles. The molecule has 25 nitrogen and oxygen atoms in total. The van der Waals surface area contributed by atoms with Crippen LogP contribution < -0.4 is 65.9 Å². The molecule has 0 bridgehead atoms. The summed E-state index contributed by atoms with van der Waals surface area (Å²) in [7, 11) is 0. The Hall–Kier alpha value is -8.32. The largest absolute Gasteiger partial charge is 0.508 e. The van der Waals surface area contributed by atoms with E-state index in [2.05, 4.69) is 42.2 Å². The minimum Gasteiger partial charge on any atom is -0.508 e. The van der Waals surface area contributed by atoms with Crippen LogP contribution in [-0.4, -0.2) is 136 Å². The third kappa shape index (κ3) is 19.9. The van der Waals surface area contributed by atoms with Crippen LogP contribution in [0.2, 0.25) is 0 Å². The van der Waals surface area contributed by atoms with E-state index in [1.165, 1.54) is 55.5 Å². The number of carbonyl (C=O) groups excluding carboxylic acids is 9. The Bertz CT molecular complexity index is 2310. The van der Waals surface area contributed by atoms with Gasteiger partial charge in [0.25, 0.3) is 0 Å². The first-order valence-electron chi connectivity index (χ1n) is 21.8. The van der Waals surface area contributed by atoms with E-state index in [1.807, 2.05) is 0 Å². The van der Waals surface area contributed by atoms with Crippen LogP contribution in [0.1, 0.15) is 42.9 Å². The van der Waals surface area contributed by atoms with Gasteiger partial charge < -0.3 is 81.2 Å². The molecule has 0 radical (unpaired) electrons. The number of nitrogens with one attached hydrogen (secondary N) is 7. The Labute approximate surface area is 402 Å². The zero-order valence-electron chi connectivity index (χ0n) is 38.3. The van der Waals surface area contributed by atoms with Gasteiger partial charge in [0.05, 0.1) is 19.6 Å². The molecule has 3 aromatic rings. The highest BCUT2D eigenvalue weighted by molar-refractivity contribution is 5.98. The summed E-state index contributed by atoms with van der Waals surface area (Å²) in [5.41, 5.74) is 28.9. The number of aliphatic imine (C=N–C) groups is 1. The smallest absolute Gasteiger partial charge is 0.243 e. The molecule has 0 aliphatic rings. The van der Waals surface area contributed by atoms with Crippen molar-refractivity contribution in [1.82, 2.24) is 37.2 Å². The number of primary amides is 2. The van der Waals surface area contributed by atoms with Crippen LogP contribution in [0.5, 0.6) is 11.5 Å². The molecule has 20 N–H and O–H groups in total. The van der Waals surface area contributed by atoms with E-state index in [-0.39, 0.29) is 56.1 Å². The molecule has 0 fully saturated rings. The van der Waals surface area contributed by atoms with Gasteiger partial charge >= 0.3 is 0 Å². The number of hydrogen-bond acceptors (Lipinski definition) is 14. The summed E-state index contributed by atoms with van der Waals surface area (Å²) in [5.74, 6) is -8.73. The quantitative estimate of drug-likeness (QED) is 0.0184. The number of guanidine groups is 1. The molecule has 3 rings (SSSR count). The second-order valence-corrected chi connectivity index (χ2v) is 16.1. The molecule has 0 saturated heterocycles. The third-order valence-corrected chi connectivity index (χ3v) is 10.3. The van der Waals surface area contributed by atoms with E-state index >= 15 is 0 Å². The van der Waals surface area contributed by atoms with Crippen LogP contribution >= 0.6 is 0 Å². The zero-order valence-corrected chi connectivity index (χ0v) is 38.3. The molecule has 25 heteroatoms. The maximum Gasteiger partial charge on any atom is 0.243 e. The molecule has 9 amide bonds. The van der Waals surface area contributed by atoms with Crippen molar-refractivity contribution in [3.63, 3.8) is 0 Å². The SMILES string of the molecule is CC(NC(=O)C(Cc1ccc(O)cc1)NC(=O)C(Cc1ccccc1)NC(=O)CNC(=O)C(N)CO)C(=O)NC(CC(N)=O)C(=O)NC(CCCN=C(N)N)C(=O)NC(Cc1ccc(O)cc1)C(N)=O. The number of nitrogens with zero attached hydrogens (tertiary/aromatic N) is 1. The monoisotopic (exact) mass is 975 g/mol. The van der Waals surface area contributed by atoms with Crippen LogP contribution in [0.4, 0.5) is 0 Å². The lowest BCUT2D eigenvalue weighted by molar-refractivity contribution is -0.136. The van der Waals surface area contributed by atoms with Gasteiger partial charge in [0.15, 0.2) is 5.96 Å². The van der Waals surface area contributed by atoms with Crippen molar-refractivity contribution >= 4 is 59.1 Å². The summed E-state index contributed by atoms with van der Waals surface area (Å²) < 4.78 is 0. The van der Waals surface area contributed by atoms with Crippen molar-refractivity contribution in [1.29, 1.82) is 0 Å². The lowest BCUT2D eigenvalue weighted by Crippen LogP contribution is -2.60. The van der Waals surface area contributed by atoms with Gasteiger partial charge in [0.2, 0.25) is 53.2 Å². The Morgan fingerprint density at radius 1 is 0.557 bits per heavy atom. The van der Waals surface area contributed by atoms with Gasteiger partial charge in [-0.05, 0) is 60.7 Å². The average Bonchev–Trinajstić information content (AvgIpc) is 3.31. The first-order valence-corrected chi connectivity index (χ1v) is 21.8. The number of aliphatic hydroxyl groups is 1. The number of amides is 9. The van der Waals surface area contributed by atoms with E-state index in [1.54, 1.807) is 30.3 Å². The van der Waals surface area contributed by atoms with Crippen LogP contribution in [0.25, 0.3) is 0 Å². The maximum absolute atomic E-state index is 14.0. The van der Waals surface area contributed by atoms with Gasteiger partial charge in [0.1, 0.15) is 53.8 Å². The van der Waals surface area contributed by atoms with E-state index < -0.39 is 115 Å². The van der Waals surface area contributed by atoms with Crippen molar-refractivity contribution < 1.29 is 58.5 Å². The number of phenolic OH excluding ortho intramolecular Hbond substituents is 2. The highest BCUT2D eigenvalue weighted by Gasteiger charge is 2.33. The Morgan fingerprint density at radius 3 is 1.54 bits per heavy atom. The van der Waals surface area contributed by atoms with Gasteiger partial charge in [-0.2, -0.15) is 0 Å². The fraction of sp³-hybridized carbons (Fsp3) is 0.378. The number of aliphatic hydroxyl groups excluding tert-OH is 1. The number of nitrogens with two attached hydrogens (primary N) is 5. The van der Waals surface area contributed by atoms with Crippen LogP contribution in [0.15, 0.2) is 83.9 Å². The summed E-state index contributed by atoms with van der Waals surface area (Å²) in [6.45, 7) is -0.0450. The lowest BCUT2D eigenvalue weighted by atomic mass is 10.0. The molecular weight excluding hydrogens is 915 g/mol. The summed E-state index contributed by atoms with van der Waals surface area (Å²) in [6, 6.07) is 9.91. The predicted molar refractivity (Wildman–Crippen MR) is 252 cm³/mol. The third-order valence-electron chi connectivity index (χ3n) is 10.3. The molecule has 0 saturated carbocycles. The first kappa shape index (κ1) is 56.0. The minimum atomic E-state index is -1.72. The van der Waals surface area contributed by atoms with Crippen molar-refractivity contribution in [3.8, 4) is 11.5 Å². The Balaban J connectivity index is 1.83. The van der Waals surface area contributed by atoms with Crippen LogP contribution in [0, 0.1) is 0 Å². The average molecular weight is 976 g/mol. The fourth-order valence-electron chi connectivity index (χ4n) is 6.53. The number of hydrogen-bond donors (Lipinski definition) is 15. The molecule has 0 aliphatic heterocycles. The summed E-state index contributed by atoms with van der Waals surface area (Å²) >= 11 is 0. The number of carbonyl (C=O) groups is 9. The molecule has 0 aliphatic carbocycles. The highest BCUT2D eigenvalue weighted by atomic mass is 16.3. The van der Waals surface area contributed by atoms with E-state index in [0.29, 0.717) is 16.7 Å². The topological polar surface area (TPSA) is 441 Å². The summed E-state index contributed by atoms with van der Waals surface area (Å²) in [4.78, 5) is 123. The highest BCUT2D eigenvalue weighted by Crippen LogP contribution is 2.14. The maximum atomic E-state index is 14.0. The second kappa shape index (κ2) is 28.1. The normalized spacial score (nSPS) is 13.8.